The highest BCUT2D eigenvalue weighted by atomic mass is 16.2. The highest BCUT2D eigenvalue weighted by molar-refractivity contribution is 5.76. The van der Waals surface area contributed by atoms with Gasteiger partial charge in [-0.05, 0) is 36.8 Å². The Morgan fingerprint density at radius 1 is 1.14 bits per heavy atom. The van der Waals surface area contributed by atoms with Gasteiger partial charge in [-0.25, -0.2) is 9.67 Å². The molecule has 2 aromatic rings. The largest absolute Gasteiger partial charge is 0.335 e. The topological polar surface area (TPSA) is 51.0 Å². The molecule has 1 aromatic heterocycles. The summed E-state index contributed by atoms with van der Waals surface area (Å²) >= 11 is 0. The molecule has 0 atom stereocenters. The minimum atomic E-state index is 0.246. The maximum Gasteiger partial charge on any atom is 0.222 e. The van der Waals surface area contributed by atoms with Crippen LogP contribution in [0.4, 0.5) is 0 Å². The van der Waals surface area contributed by atoms with E-state index < -0.39 is 0 Å². The molecule has 1 aromatic carbocycles. The first-order valence-corrected chi connectivity index (χ1v) is 8.04. The minimum absolute atomic E-state index is 0.246. The third-order valence-electron chi connectivity index (χ3n) is 4.78. The van der Waals surface area contributed by atoms with Gasteiger partial charge in [0.05, 0.1) is 12.6 Å². The third-order valence-corrected chi connectivity index (χ3v) is 4.78. The van der Waals surface area contributed by atoms with Crippen LogP contribution in [0.25, 0.3) is 0 Å². The molecule has 1 amide bonds. The lowest BCUT2D eigenvalue weighted by molar-refractivity contribution is -0.134. The van der Waals surface area contributed by atoms with Gasteiger partial charge in [0.15, 0.2) is 0 Å². The molecule has 5 nitrogen and oxygen atoms in total. The summed E-state index contributed by atoms with van der Waals surface area (Å²) in [5, 5.41) is 4.44. The van der Waals surface area contributed by atoms with Crippen molar-refractivity contribution in [1.82, 2.24) is 19.7 Å². The number of rotatable bonds is 3. The Morgan fingerprint density at radius 2 is 1.91 bits per heavy atom. The SMILES string of the molecule is O=C1CCCCN1Cc1ncnn1C1Cc2ccccc2C1. The summed E-state index contributed by atoms with van der Waals surface area (Å²) in [5.41, 5.74) is 2.81. The zero-order chi connectivity index (χ0) is 14.9. The number of likely N-dealkylation sites (tertiary alicyclic amines) is 1. The van der Waals surface area contributed by atoms with Crippen LogP contribution in [-0.2, 0) is 24.2 Å². The van der Waals surface area contributed by atoms with Gasteiger partial charge in [-0.2, -0.15) is 5.10 Å². The standard InChI is InChI=1S/C17H20N4O/c22-17-7-3-4-8-20(17)11-16-18-12-19-21(16)15-9-13-5-1-2-6-14(13)10-15/h1-2,5-6,12,15H,3-4,7-11H2. The van der Waals surface area contributed by atoms with E-state index in [0.29, 0.717) is 19.0 Å². The van der Waals surface area contributed by atoms with E-state index in [1.807, 2.05) is 9.58 Å². The van der Waals surface area contributed by atoms with Crippen molar-refractivity contribution in [2.45, 2.75) is 44.7 Å². The van der Waals surface area contributed by atoms with Crippen molar-refractivity contribution in [1.29, 1.82) is 0 Å². The van der Waals surface area contributed by atoms with E-state index >= 15 is 0 Å². The molecule has 0 radical (unpaired) electrons. The van der Waals surface area contributed by atoms with Crippen molar-refractivity contribution >= 4 is 5.91 Å². The molecular formula is C17H20N4O. The molecule has 2 heterocycles. The van der Waals surface area contributed by atoms with Gasteiger partial charge >= 0.3 is 0 Å². The van der Waals surface area contributed by atoms with E-state index in [-0.39, 0.29) is 5.91 Å². The van der Waals surface area contributed by atoms with Crippen molar-refractivity contribution in [3.05, 3.63) is 47.5 Å². The van der Waals surface area contributed by atoms with Crippen LogP contribution in [0, 0.1) is 0 Å². The van der Waals surface area contributed by atoms with Crippen LogP contribution in [-0.4, -0.2) is 32.1 Å². The fourth-order valence-corrected chi connectivity index (χ4v) is 3.60. The van der Waals surface area contributed by atoms with Crippen LogP contribution in [0.5, 0.6) is 0 Å². The average molecular weight is 296 g/mol. The quantitative estimate of drug-likeness (QED) is 0.872. The summed E-state index contributed by atoms with van der Waals surface area (Å²) in [4.78, 5) is 18.3. The first-order valence-electron chi connectivity index (χ1n) is 8.04. The van der Waals surface area contributed by atoms with Crippen LogP contribution in [0.3, 0.4) is 0 Å². The Hall–Kier alpha value is -2.17. The number of hydrogen-bond acceptors (Lipinski definition) is 3. The van der Waals surface area contributed by atoms with E-state index in [9.17, 15) is 4.79 Å². The maximum absolute atomic E-state index is 12.0. The normalized spacial score (nSPS) is 18.7. The minimum Gasteiger partial charge on any atom is -0.335 e. The van der Waals surface area contributed by atoms with E-state index in [4.69, 9.17) is 0 Å². The van der Waals surface area contributed by atoms with E-state index in [1.54, 1.807) is 6.33 Å². The van der Waals surface area contributed by atoms with Gasteiger partial charge in [0, 0.05) is 13.0 Å². The lowest BCUT2D eigenvalue weighted by Gasteiger charge is -2.26. The van der Waals surface area contributed by atoms with Crippen LogP contribution < -0.4 is 0 Å². The van der Waals surface area contributed by atoms with Crippen LogP contribution in [0.1, 0.15) is 42.3 Å². The van der Waals surface area contributed by atoms with Gasteiger partial charge in [0.2, 0.25) is 5.91 Å². The first-order chi connectivity index (χ1) is 10.8. The Bertz CT molecular complexity index is 668. The van der Waals surface area contributed by atoms with Gasteiger partial charge < -0.3 is 4.90 Å². The molecule has 114 valence electrons. The predicted molar refractivity (Wildman–Crippen MR) is 82.2 cm³/mol. The van der Waals surface area contributed by atoms with Gasteiger partial charge in [-0.3, -0.25) is 4.79 Å². The Kier molecular flexibility index (Phi) is 3.41. The number of nitrogens with zero attached hydrogens (tertiary/aromatic N) is 4. The molecule has 0 unspecified atom stereocenters. The Balaban J connectivity index is 1.53. The highest BCUT2D eigenvalue weighted by Crippen LogP contribution is 2.30. The number of amides is 1. The van der Waals surface area contributed by atoms with Crippen molar-refractivity contribution < 1.29 is 4.79 Å². The molecule has 1 aliphatic heterocycles. The molecule has 1 aliphatic carbocycles. The second-order valence-electron chi connectivity index (χ2n) is 6.22. The molecule has 5 heteroatoms. The maximum atomic E-state index is 12.0. The summed E-state index contributed by atoms with van der Waals surface area (Å²) in [6, 6.07) is 8.90. The number of fused-ring (bicyclic) bond motifs is 1. The average Bonchev–Trinajstić information content (AvgIpc) is 3.15. The molecule has 0 N–H and O–H groups in total. The predicted octanol–water partition coefficient (Wildman–Crippen LogP) is 2.13. The Labute approximate surface area is 130 Å². The lowest BCUT2D eigenvalue weighted by Crippen LogP contribution is -2.36. The summed E-state index contributed by atoms with van der Waals surface area (Å²) in [5.74, 6) is 1.16. The fourth-order valence-electron chi connectivity index (χ4n) is 3.60. The van der Waals surface area contributed by atoms with Crippen LogP contribution in [0.2, 0.25) is 0 Å². The number of carbonyl (C=O) groups excluding carboxylic acids is 1. The second-order valence-corrected chi connectivity index (χ2v) is 6.22. The zero-order valence-electron chi connectivity index (χ0n) is 12.6. The number of benzene rings is 1. The number of hydrogen-bond donors (Lipinski definition) is 0. The van der Waals surface area contributed by atoms with Crippen LogP contribution >= 0.6 is 0 Å². The molecule has 22 heavy (non-hydrogen) atoms. The molecule has 1 fully saturated rings. The number of piperidine rings is 1. The van der Waals surface area contributed by atoms with Gasteiger partial charge in [-0.15, -0.1) is 0 Å². The number of carbonyl (C=O) groups is 1. The zero-order valence-corrected chi connectivity index (χ0v) is 12.6. The third kappa shape index (κ3) is 2.40. The molecule has 0 bridgehead atoms. The first kappa shape index (κ1) is 13.5. The van der Waals surface area contributed by atoms with Gasteiger partial charge in [0.1, 0.15) is 12.2 Å². The molecule has 0 spiro atoms. The molecule has 0 saturated carbocycles. The lowest BCUT2D eigenvalue weighted by atomic mass is 10.1. The molecular weight excluding hydrogens is 276 g/mol. The van der Waals surface area contributed by atoms with E-state index in [1.165, 1.54) is 11.1 Å². The van der Waals surface area contributed by atoms with E-state index in [0.717, 1.165) is 38.1 Å². The van der Waals surface area contributed by atoms with Crippen molar-refractivity contribution in [3.8, 4) is 0 Å². The number of aromatic nitrogens is 3. The van der Waals surface area contributed by atoms with Gasteiger partial charge in [-0.1, -0.05) is 24.3 Å². The van der Waals surface area contributed by atoms with Crippen molar-refractivity contribution in [2.75, 3.05) is 6.54 Å². The van der Waals surface area contributed by atoms with Crippen molar-refractivity contribution in [2.24, 2.45) is 0 Å². The van der Waals surface area contributed by atoms with Crippen LogP contribution in [0.15, 0.2) is 30.6 Å². The summed E-state index contributed by atoms with van der Waals surface area (Å²) < 4.78 is 2.03. The smallest absolute Gasteiger partial charge is 0.222 e. The van der Waals surface area contributed by atoms with Crippen molar-refractivity contribution in [3.63, 3.8) is 0 Å². The highest BCUT2D eigenvalue weighted by Gasteiger charge is 2.27. The Morgan fingerprint density at radius 3 is 2.64 bits per heavy atom. The fraction of sp³-hybridized carbons (Fsp3) is 0.471. The molecule has 1 saturated heterocycles. The summed E-state index contributed by atoms with van der Waals surface area (Å²) in [6.07, 6.45) is 6.39. The van der Waals surface area contributed by atoms with Gasteiger partial charge in [0.25, 0.3) is 0 Å². The van der Waals surface area contributed by atoms with E-state index in [2.05, 4.69) is 34.3 Å². The molecule has 4 rings (SSSR count). The summed E-state index contributed by atoms with van der Waals surface area (Å²) in [7, 11) is 0. The molecule has 2 aliphatic rings. The monoisotopic (exact) mass is 296 g/mol. The second kappa shape index (κ2) is 5.55. The summed E-state index contributed by atoms with van der Waals surface area (Å²) in [6.45, 7) is 1.43.